The Balaban J connectivity index is 2.63. The van der Waals surface area contributed by atoms with Gasteiger partial charge in [0.15, 0.2) is 0 Å². The smallest absolute Gasteiger partial charge is 0.328 e. The molecule has 0 heterocycles. The molecule has 7 nitrogen and oxygen atoms in total. The summed E-state index contributed by atoms with van der Waals surface area (Å²) >= 11 is 1.50. The number of halogens is 1. The van der Waals surface area contributed by atoms with Gasteiger partial charge in [-0.05, 0) is 42.7 Å². The first-order valence-electron chi connectivity index (χ1n) is 6.91. The molecule has 0 aliphatic heterocycles. The molecule has 0 aliphatic rings. The standard InChI is InChI=1S/C14H19FN2O5S2/c1-22-14(19)12(7-8-23-2)17-13(18)9-16-24(20,21)11-5-3-10(15)4-6-11/h3-6,12,16H,7-9H2,1-2H3,(H,17,18)/t12-/m1/s1. The highest BCUT2D eigenvalue weighted by Gasteiger charge is 2.22. The van der Waals surface area contributed by atoms with Crippen molar-refractivity contribution in [3.05, 3.63) is 30.1 Å². The van der Waals surface area contributed by atoms with Crippen molar-refractivity contribution in [2.24, 2.45) is 0 Å². The fraction of sp³-hybridized carbons (Fsp3) is 0.429. The summed E-state index contributed by atoms with van der Waals surface area (Å²) in [6.45, 7) is -0.549. The van der Waals surface area contributed by atoms with Gasteiger partial charge in [-0.3, -0.25) is 4.79 Å². The molecule has 0 unspecified atom stereocenters. The Bertz CT molecular complexity index is 664. The van der Waals surface area contributed by atoms with Crippen LogP contribution in [-0.2, 0) is 24.3 Å². The van der Waals surface area contributed by atoms with Crippen LogP contribution in [0.1, 0.15) is 6.42 Å². The zero-order chi connectivity index (χ0) is 18.2. The summed E-state index contributed by atoms with van der Waals surface area (Å²) in [4.78, 5) is 23.3. The van der Waals surface area contributed by atoms with E-state index in [0.29, 0.717) is 12.2 Å². The van der Waals surface area contributed by atoms with Crippen LogP contribution in [0.3, 0.4) is 0 Å². The molecule has 134 valence electrons. The van der Waals surface area contributed by atoms with E-state index < -0.39 is 40.3 Å². The molecule has 0 bridgehead atoms. The van der Waals surface area contributed by atoms with Crippen molar-refractivity contribution in [1.82, 2.24) is 10.0 Å². The van der Waals surface area contributed by atoms with Crippen LogP contribution in [0.25, 0.3) is 0 Å². The van der Waals surface area contributed by atoms with Crippen molar-refractivity contribution in [2.45, 2.75) is 17.4 Å². The number of nitrogens with one attached hydrogen (secondary N) is 2. The number of benzene rings is 1. The second-order valence-corrected chi connectivity index (χ2v) is 7.46. The number of rotatable bonds is 9. The Morgan fingerprint density at radius 3 is 2.46 bits per heavy atom. The van der Waals surface area contributed by atoms with Crippen LogP contribution in [-0.4, -0.2) is 52.0 Å². The average Bonchev–Trinajstić information content (AvgIpc) is 2.56. The number of methoxy groups -OCH3 is 1. The van der Waals surface area contributed by atoms with Gasteiger partial charge in [-0.15, -0.1) is 0 Å². The maximum atomic E-state index is 12.8. The minimum absolute atomic E-state index is 0.163. The van der Waals surface area contributed by atoms with Gasteiger partial charge >= 0.3 is 5.97 Å². The van der Waals surface area contributed by atoms with Crippen molar-refractivity contribution in [2.75, 3.05) is 25.7 Å². The fourth-order valence-electron chi connectivity index (χ4n) is 1.73. The van der Waals surface area contributed by atoms with Gasteiger partial charge in [0.1, 0.15) is 11.9 Å². The number of thioether (sulfide) groups is 1. The van der Waals surface area contributed by atoms with Gasteiger partial charge in [0, 0.05) is 0 Å². The summed E-state index contributed by atoms with van der Waals surface area (Å²) in [5.41, 5.74) is 0. The van der Waals surface area contributed by atoms with E-state index in [-0.39, 0.29) is 4.90 Å². The van der Waals surface area contributed by atoms with Crippen molar-refractivity contribution < 1.29 is 27.1 Å². The third-order valence-corrected chi connectivity index (χ3v) is 5.04. The lowest BCUT2D eigenvalue weighted by atomic mass is 10.2. The Labute approximate surface area is 144 Å². The molecule has 1 aromatic carbocycles. The summed E-state index contributed by atoms with van der Waals surface area (Å²) in [7, 11) is -2.74. The maximum Gasteiger partial charge on any atom is 0.328 e. The van der Waals surface area contributed by atoms with Crippen LogP contribution in [0.4, 0.5) is 4.39 Å². The maximum absolute atomic E-state index is 12.8. The van der Waals surface area contributed by atoms with E-state index in [9.17, 15) is 22.4 Å². The van der Waals surface area contributed by atoms with E-state index in [0.717, 1.165) is 24.3 Å². The van der Waals surface area contributed by atoms with E-state index in [1.54, 1.807) is 0 Å². The lowest BCUT2D eigenvalue weighted by molar-refractivity contribution is -0.145. The molecule has 1 aromatic rings. The first kappa shape index (κ1) is 20.4. The first-order valence-corrected chi connectivity index (χ1v) is 9.79. The van der Waals surface area contributed by atoms with E-state index in [1.165, 1.54) is 18.9 Å². The van der Waals surface area contributed by atoms with Crippen LogP contribution >= 0.6 is 11.8 Å². The van der Waals surface area contributed by atoms with E-state index in [1.807, 2.05) is 6.26 Å². The average molecular weight is 378 g/mol. The van der Waals surface area contributed by atoms with Crippen LogP contribution in [0.15, 0.2) is 29.2 Å². The molecule has 1 rings (SSSR count). The van der Waals surface area contributed by atoms with Crippen molar-refractivity contribution in [3.63, 3.8) is 0 Å². The Morgan fingerprint density at radius 2 is 1.92 bits per heavy atom. The Kier molecular flexibility index (Phi) is 8.16. The van der Waals surface area contributed by atoms with Gasteiger partial charge < -0.3 is 10.1 Å². The topological polar surface area (TPSA) is 102 Å². The van der Waals surface area contributed by atoms with Crippen LogP contribution < -0.4 is 10.0 Å². The second-order valence-electron chi connectivity index (χ2n) is 4.70. The monoisotopic (exact) mass is 378 g/mol. The van der Waals surface area contributed by atoms with Gasteiger partial charge in [-0.25, -0.2) is 22.3 Å². The highest BCUT2D eigenvalue weighted by molar-refractivity contribution is 7.98. The molecular weight excluding hydrogens is 359 g/mol. The van der Waals surface area contributed by atoms with Gasteiger partial charge in [0.05, 0.1) is 18.6 Å². The predicted molar refractivity (Wildman–Crippen MR) is 88.5 cm³/mol. The summed E-state index contributed by atoms with van der Waals surface area (Å²) in [5, 5.41) is 2.42. The molecule has 0 radical (unpaired) electrons. The summed E-state index contributed by atoms with van der Waals surface area (Å²) in [6, 6.07) is 3.34. The van der Waals surface area contributed by atoms with Gasteiger partial charge in [-0.1, -0.05) is 0 Å². The molecule has 24 heavy (non-hydrogen) atoms. The molecule has 10 heteroatoms. The summed E-state index contributed by atoms with van der Waals surface area (Å²) in [6.07, 6.45) is 2.22. The van der Waals surface area contributed by atoms with Crippen molar-refractivity contribution in [1.29, 1.82) is 0 Å². The number of amides is 1. The third kappa shape index (κ3) is 6.46. The normalized spacial score (nSPS) is 12.5. The molecule has 0 saturated heterocycles. The SMILES string of the molecule is COC(=O)[C@@H](CCSC)NC(=O)CNS(=O)(=O)c1ccc(F)cc1. The molecule has 0 fully saturated rings. The molecule has 0 aromatic heterocycles. The summed E-state index contributed by atoms with van der Waals surface area (Å²) in [5.74, 6) is -1.21. The Hall–Kier alpha value is -1.65. The zero-order valence-electron chi connectivity index (χ0n) is 13.2. The molecule has 0 spiro atoms. The summed E-state index contributed by atoms with van der Waals surface area (Å²) < 4.78 is 43.5. The quantitative estimate of drug-likeness (QED) is 0.608. The number of sulfonamides is 1. The van der Waals surface area contributed by atoms with Crippen LogP contribution in [0.5, 0.6) is 0 Å². The minimum atomic E-state index is -3.95. The van der Waals surface area contributed by atoms with Gasteiger partial charge in [0.25, 0.3) is 0 Å². The number of esters is 1. The highest BCUT2D eigenvalue weighted by Crippen LogP contribution is 2.09. The van der Waals surface area contributed by atoms with Crippen molar-refractivity contribution >= 4 is 33.7 Å². The molecule has 2 N–H and O–H groups in total. The molecule has 0 aliphatic carbocycles. The van der Waals surface area contributed by atoms with Gasteiger partial charge in [0.2, 0.25) is 15.9 Å². The van der Waals surface area contributed by atoms with E-state index in [2.05, 4.69) is 14.8 Å². The zero-order valence-corrected chi connectivity index (χ0v) is 14.9. The lowest BCUT2D eigenvalue weighted by Gasteiger charge is -2.16. The van der Waals surface area contributed by atoms with Crippen LogP contribution in [0, 0.1) is 5.82 Å². The van der Waals surface area contributed by atoms with Crippen LogP contribution in [0.2, 0.25) is 0 Å². The third-order valence-electron chi connectivity index (χ3n) is 2.98. The lowest BCUT2D eigenvalue weighted by Crippen LogP contribution is -2.46. The number of carbonyl (C=O) groups excluding carboxylic acids is 2. The minimum Gasteiger partial charge on any atom is -0.467 e. The number of ether oxygens (including phenoxy) is 1. The fourth-order valence-corrected chi connectivity index (χ4v) is 3.18. The van der Waals surface area contributed by atoms with Crippen molar-refractivity contribution in [3.8, 4) is 0 Å². The molecular formula is C14H19FN2O5S2. The van der Waals surface area contributed by atoms with E-state index in [4.69, 9.17) is 0 Å². The molecule has 0 saturated carbocycles. The molecule has 1 atom stereocenters. The first-order chi connectivity index (χ1) is 11.3. The number of carbonyl (C=O) groups is 2. The van der Waals surface area contributed by atoms with E-state index >= 15 is 0 Å². The largest absolute Gasteiger partial charge is 0.467 e. The predicted octanol–water partition coefficient (Wildman–Crippen LogP) is 0.515. The molecule has 1 amide bonds. The number of hydrogen-bond donors (Lipinski definition) is 2. The number of hydrogen-bond acceptors (Lipinski definition) is 6. The Morgan fingerprint density at radius 1 is 1.29 bits per heavy atom. The second kappa shape index (κ2) is 9.60. The highest BCUT2D eigenvalue weighted by atomic mass is 32.2. The van der Waals surface area contributed by atoms with Gasteiger partial charge in [-0.2, -0.15) is 11.8 Å².